The molecule has 3 nitrogen and oxygen atoms in total. The minimum atomic E-state index is 0.0519. The van der Waals surface area contributed by atoms with Crippen LogP contribution < -0.4 is 11.1 Å². The van der Waals surface area contributed by atoms with Gasteiger partial charge in [0.25, 0.3) is 0 Å². The summed E-state index contributed by atoms with van der Waals surface area (Å²) in [6, 6.07) is 0.327. The molecule has 0 saturated heterocycles. The molecule has 0 aromatic rings. The van der Waals surface area contributed by atoms with E-state index in [0.29, 0.717) is 18.5 Å². The molecule has 0 aliphatic heterocycles. The molecule has 0 heterocycles. The van der Waals surface area contributed by atoms with Crippen molar-refractivity contribution in [2.45, 2.75) is 58.4 Å². The Labute approximate surface area is 99.2 Å². The van der Waals surface area contributed by atoms with E-state index in [9.17, 15) is 4.79 Å². The van der Waals surface area contributed by atoms with E-state index in [2.05, 4.69) is 12.2 Å². The van der Waals surface area contributed by atoms with Crippen molar-refractivity contribution in [3.8, 4) is 0 Å². The van der Waals surface area contributed by atoms with Crippen LogP contribution in [0.3, 0.4) is 0 Å². The molecule has 0 aromatic carbocycles. The van der Waals surface area contributed by atoms with Crippen LogP contribution in [-0.4, -0.2) is 18.5 Å². The largest absolute Gasteiger partial charge is 0.353 e. The summed E-state index contributed by atoms with van der Waals surface area (Å²) in [5.74, 6) is 0.905. The average molecular weight is 226 g/mol. The van der Waals surface area contributed by atoms with Crippen LogP contribution in [0.25, 0.3) is 0 Å². The smallest absolute Gasteiger partial charge is 0.223 e. The third-order valence-electron chi connectivity index (χ3n) is 3.77. The highest BCUT2D eigenvalue weighted by Gasteiger charge is 2.22. The van der Waals surface area contributed by atoms with Gasteiger partial charge in [-0.2, -0.15) is 0 Å². The fraction of sp³-hybridized carbons (Fsp3) is 0.923. The fourth-order valence-electron chi connectivity index (χ4n) is 2.50. The van der Waals surface area contributed by atoms with E-state index in [-0.39, 0.29) is 11.8 Å². The van der Waals surface area contributed by atoms with Gasteiger partial charge in [0.05, 0.1) is 0 Å². The molecule has 0 spiro atoms. The molecule has 2 atom stereocenters. The zero-order chi connectivity index (χ0) is 12.0. The number of hydrogen-bond acceptors (Lipinski definition) is 2. The predicted octanol–water partition coefficient (Wildman–Crippen LogP) is 2.06. The zero-order valence-electron chi connectivity index (χ0n) is 10.7. The maximum Gasteiger partial charge on any atom is 0.223 e. The van der Waals surface area contributed by atoms with Crippen LogP contribution >= 0.6 is 0 Å². The van der Waals surface area contributed by atoms with Gasteiger partial charge < -0.3 is 11.1 Å². The summed E-state index contributed by atoms with van der Waals surface area (Å²) in [5, 5.41) is 3.14. The van der Waals surface area contributed by atoms with Crippen molar-refractivity contribution in [1.82, 2.24) is 5.32 Å². The molecule has 3 heteroatoms. The summed E-state index contributed by atoms with van der Waals surface area (Å²) in [4.78, 5) is 11.8. The van der Waals surface area contributed by atoms with Crippen LogP contribution in [0.2, 0.25) is 0 Å². The van der Waals surface area contributed by atoms with Gasteiger partial charge in [0, 0.05) is 12.0 Å². The minimum Gasteiger partial charge on any atom is -0.353 e. The Morgan fingerprint density at radius 1 is 1.31 bits per heavy atom. The number of carbonyl (C=O) groups is 1. The Morgan fingerprint density at radius 2 is 1.94 bits per heavy atom. The molecule has 0 aromatic heterocycles. The highest BCUT2D eigenvalue weighted by Crippen LogP contribution is 2.26. The first-order chi connectivity index (χ1) is 7.65. The van der Waals surface area contributed by atoms with Crippen molar-refractivity contribution in [2.75, 3.05) is 6.54 Å². The molecule has 16 heavy (non-hydrogen) atoms. The molecular formula is C13H26N2O. The lowest BCUT2D eigenvalue weighted by atomic mass is 9.84. The molecule has 0 radical (unpaired) electrons. The Hall–Kier alpha value is -0.570. The lowest BCUT2D eigenvalue weighted by Crippen LogP contribution is -2.41. The molecule has 1 fully saturated rings. The maximum absolute atomic E-state index is 11.8. The Balaban J connectivity index is 2.31. The molecule has 0 bridgehead atoms. The first-order valence-electron chi connectivity index (χ1n) is 6.65. The summed E-state index contributed by atoms with van der Waals surface area (Å²) in [6.45, 7) is 4.69. The van der Waals surface area contributed by atoms with Crippen LogP contribution in [-0.2, 0) is 4.79 Å². The van der Waals surface area contributed by atoms with Crippen LogP contribution in [0.1, 0.15) is 52.4 Å². The lowest BCUT2D eigenvalue weighted by molar-refractivity contribution is -0.125. The van der Waals surface area contributed by atoms with Crippen molar-refractivity contribution in [3.63, 3.8) is 0 Å². The second-order valence-electron chi connectivity index (χ2n) is 5.17. The van der Waals surface area contributed by atoms with E-state index in [1.807, 2.05) is 6.92 Å². The SMILES string of the molecule is CC(CCN)C(=O)N[C@@H](C)C1CCCCC1. The molecule has 1 amide bonds. The standard InChI is InChI=1S/C13H26N2O/c1-10(8-9-14)13(16)15-11(2)12-6-4-3-5-7-12/h10-12H,3-9,14H2,1-2H3,(H,15,16)/t10?,11-/m0/s1. The monoisotopic (exact) mass is 226 g/mol. The molecule has 1 saturated carbocycles. The molecule has 1 rings (SSSR count). The van der Waals surface area contributed by atoms with E-state index in [1.54, 1.807) is 0 Å². The Morgan fingerprint density at radius 3 is 2.50 bits per heavy atom. The number of carbonyl (C=O) groups excluding carboxylic acids is 1. The van der Waals surface area contributed by atoms with E-state index >= 15 is 0 Å². The van der Waals surface area contributed by atoms with Crippen molar-refractivity contribution >= 4 is 5.91 Å². The van der Waals surface area contributed by atoms with Crippen molar-refractivity contribution < 1.29 is 4.79 Å². The number of amides is 1. The predicted molar refractivity (Wildman–Crippen MR) is 67.0 cm³/mol. The zero-order valence-corrected chi connectivity index (χ0v) is 10.7. The highest BCUT2D eigenvalue weighted by atomic mass is 16.1. The van der Waals surface area contributed by atoms with Gasteiger partial charge in [0.1, 0.15) is 0 Å². The van der Waals surface area contributed by atoms with Crippen LogP contribution in [0.5, 0.6) is 0 Å². The first kappa shape index (κ1) is 13.5. The van der Waals surface area contributed by atoms with Gasteiger partial charge in [0.2, 0.25) is 5.91 Å². The van der Waals surface area contributed by atoms with E-state index < -0.39 is 0 Å². The summed E-state index contributed by atoms with van der Waals surface area (Å²) < 4.78 is 0. The molecule has 94 valence electrons. The van der Waals surface area contributed by atoms with Gasteiger partial charge in [-0.05, 0) is 38.6 Å². The second kappa shape index (κ2) is 6.89. The number of hydrogen-bond donors (Lipinski definition) is 2. The van der Waals surface area contributed by atoms with Gasteiger partial charge >= 0.3 is 0 Å². The summed E-state index contributed by atoms with van der Waals surface area (Å²) in [5.41, 5.74) is 5.46. The normalized spacial score (nSPS) is 21.4. The van der Waals surface area contributed by atoms with E-state index in [4.69, 9.17) is 5.73 Å². The maximum atomic E-state index is 11.8. The summed E-state index contributed by atoms with van der Waals surface area (Å²) in [6.07, 6.45) is 7.33. The van der Waals surface area contributed by atoms with Gasteiger partial charge in [0.15, 0.2) is 0 Å². The quantitative estimate of drug-likeness (QED) is 0.754. The van der Waals surface area contributed by atoms with Crippen molar-refractivity contribution in [3.05, 3.63) is 0 Å². The topological polar surface area (TPSA) is 55.1 Å². The number of nitrogens with one attached hydrogen (secondary N) is 1. The summed E-state index contributed by atoms with van der Waals surface area (Å²) in [7, 11) is 0. The molecule has 1 unspecified atom stereocenters. The van der Waals surface area contributed by atoms with E-state index in [0.717, 1.165) is 6.42 Å². The van der Waals surface area contributed by atoms with E-state index in [1.165, 1.54) is 32.1 Å². The average Bonchev–Trinajstić information content (AvgIpc) is 2.30. The Bertz CT molecular complexity index is 212. The molecular weight excluding hydrogens is 200 g/mol. The lowest BCUT2D eigenvalue weighted by Gasteiger charge is -2.29. The van der Waals surface area contributed by atoms with Gasteiger partial charge in [-0.25, -0.2) is 0 Å². The van der Waals surface area contributed by atoms with Crippen LogP contribution in [0, 0.1) is 11.8 Å². The summed E-state index contributed by atoms with van der Waals surface area (Å²) >= 11 is 0. The van der Waals surface area contributed by atoms with Crippen LogP contribution in [0.15, 0.2) is 0 Å². The van der Waals surface area contributed by atoms with Gasteiger partial charge in [-0.1, -0.05) is 26.2 Å². The molecule has 1 aliphatic rings. The number of nitrogens with two attached hydrogens (primary N) is 1. The molecule has 1 aliphatic carbocycles. The Kier molecular flexibility index (Phi) is 5.81. The fourth-order valence-corrected chi connectivity index (χ4v) is 2.50. The third kappa shape index (κ3) is 4.12. The molecule has 3 N–H and O–H groups in total. The highest BCUT2D eigenvalue weighted by molar-refractivity contribution is 5.78. The van der Waals surface area contributed by atoms with Crippen molar-refractivity contribution in [2.24, 2.45) is 17.6 Å². The van der Waals surface area contributed by atoms with Crippen LogP contribution in [0.4, 0.5) is 0 Å². The van der Waals surface area contributed by atoms with Gasteiger partial charge in [-0.15, -0.1) is 0 Å². The first-order valence-corrected chi connectivity index (χ1v) is 6.65. The number of rotatable bonds is 5. The second-order valence-corrected chi connectivity index (χ2v) is 5.17. The van der Waals surface area contributed by atoms with Crippen molar-refractivity contribution in [1.29, 1.82) is 0 Å². The minimum absolute atomic E-state index is 0.0519. The third-order valence-corrected chi connectivity index (χ3v) is 3.77. The van der Waals surface area contributed by atoms with Gasteiger partial charge in [-0.3, -0.25) is 4.79 Å².